The van der Waals surface area contributed by atoms with Crippen LogP contribution in [0.5, 0.6) is 0 Å². The van der Waals surface area contributed by atoms with Crippen LogP contribution in [0.25, 0.3) is 0 Å². The minimum absolute atomic E-state index is 0.129. The summed E-state index contributed by atoms with van der Waals surface area (Å²) in [6, 6.07) is -0.812. The molecule has 10 nitrogen and oxygen atoms in total. The normalized spacial score (nSPS) is 14.0. The van der Waals surface area contributed by atoms with Crippen LogP contribution in [-0.2, 0) is 19.0 Å². The van der Waals surface area contributed by atoms with Crippen LogP contribution < -0.4 is 11.5 Å². The van der Waals surface area contributed by atoms with Crippen LogP contribution in [-0.4, -0.2) is 58.4 Å². The summed E-state index contributed by atoms with van der Waals surface area (Å²) in [7, 11) is 0. The third-order valence-corrected chi connectivity index (χ3v) is 3.04. The SMILES string of the molecule is CC(C)(C)OC(=O)[C@@H](N)CCCN=C(N)N(C(=O)OC(C)(C)C)C(=O)OC(C)(C)C. The summed E-state index contributed by atoms with van der Waals surface area (Å²) >= 11 is 0. The highest BCUT2D eigenvalue weighted by Gasteiger charge is 2.34. The summed E-state index contributed by atoms with van der Waals surface area (Å²) in [5.41, 5.74) is 9.37. The van der Waals surface area contributed by atoms with Crippen molar-refractivity contribution in [3.8, 4) is 0 Å². The Morgan fingerprint density at radius 1 is 0.833 bits per heavy atom. The molecule has 2 amide bonds. The molecule has 0 radical (unpaired) electrons. The van der Waals surface area contributed by atoms with Crippen LogP contribution >= 0.6 is 0 Å². The van der Waals surface area contributed by atoms with Gasteiger partial charge in [0.1, 0.15) is 22.8 Å². The minimum atomic E-state index is -0.997. The van der Waals surface area contributed by atoms with Crippen molar-refractivity contribution in [1.82, 2.24) is 4.90 Å². The first kappa shape index (κ1) is 27.6. The fourth-order valence-electron chi connectivity index (χ4n) is 1.95. The number of amides is 2. The van der Waals surface area contributed by atoms with Gasteiger partial charge in [0.25, 0.3) is 0 Å². The molecule has 10 heteroatoms. The number of aliphatic imine (C=N–C) groups is 1. The van der Waals surface area contributed by atoms with Crippen molar-refractivity contribution in [1.29, 1.82) is 0 Å². The first-order chi connectivity index (χ1) is 13.3. The Hall–Kier alpha value is -2.36. The summed E-state index contributed by atoms with van der Waals surface area (Å²) in [6.07, 6.45) is -1.31. The van der Waals surface area contributed by atoms with E-state index < -0.39 is 41.0 Å². The highest BCUT2D eigenvalue weighted by molar-refractivity contribution is 6.07. The summed E-state index contributed by atoms with van der Waals surface area (Å²) in [5, 5.41) is 0. The zero-order valence-electron chi connectivity index (χ0n) is 19.7. The fourth-order valence-corrected chi connectivity index (χ4v) is 1.95. The van der Waals surface area contributed by atoms with Gasteiger partial charge in [-0.25, -0.2) is 9.59 Å². The quantitative estimate of drug-likeness (QED) is 0.222. The van der Waals surface area contributed by atoms with Gasteiger partial charge in [-0.05, 0) is 75.2 Å². The van der Waals surface area contributed by atoms with E-state index in [1.54, 1.807) is 62.3 Å². The zero-order chi connectivity index (χ0) is 23.9. The Morgan fingerprint density at radius 2 is 1.23 bits per heavy atom. The Bertz CT molecular complexity index is 613. The maximum atomic E-state index is 12.5. The van der Waals surface area contributed by atoms with E-state index in [1.165, 1.54) is 0 Å². The standard InChI is InChI=1S/C20H38N4O6/c1-18(2,3)28-14(25)13(21)11-10-12-23-15(22)24(16(26)29-19(4,5)6)17(27)30-20(7,8)9/h13H,10-12,21H2,1-9H3,(H2,22,23)/t13-/m0/s1. The molecule has 174 valence electrons. The van der Waals surface area contributed by atoms with E-state index in [0.717, 1.165) is 0 Å². The van der Waals surface area contributed by atoms with Crippen molar-refractivity contribution in [3.05, 3.63) is 0 Å². The van der Waals surface area contributed by atoms with E-state index in [1.807, 2.05) is 0 Å². The number of carbonyl (C=O) groups is 3. The van der Waals surface area contributed by atoms with Crippen molar-refractivity contribution in [2.24, 2.45) is 16.5 Å². The molecule has 0 heterocycles. The van der Waals surface area contributed by atoms with Crippen LogP contribution in [0.15, 0.2) is 4.99 Å². The lowest BCUT2D eigenvalue weighted by Crippen LogP contribution is -2.50. The Morgan fingerprint density at radius 3 is 1.60 bits per heavy atom. The minimum Gasteiger partial charge on any atom is -0.459 e. The van der Waals surface area contributed by atoms with Gasteiger partial charge in [-0.1, -0.05) is 0 Å². The van der Waals surface area contributed by atoms with Crippen molar-refractivity contribution < 1.29 is 28.6 Å². The largest absolute Gasteiger partial charge is 0.459 e. The van der Waals surface area contributed by atoms with Crippen LogP contribution in [0, 0.1) is 0 Å². The van der Waals surface area contributed by atoms with E-state index in [9.17, 15) is 14.4 Å². The number of rotatable bonds is 5. The van der Waals surface area contributed by atoms with Crippen LogP contribution in [0.3, 0.4) is 0 Å². The molecule has 0 saturated heterocycles. The van der Waals surface area contributed by atoms with Crippen molar-refractivity contribution in [2.75, 3.05) is 6.54 Å². The van der Waals surface area contributed by atoms with E-state index in [4.69, 9.17) is 25.7 Å². The lowest BCUT2D eigenvalue weighted by molar-refractivity contribution is -0.156. The number of hydrogen-bond acceptors (Lipinski definition) is 8. The average molecular weight is 431 g/mol. The number of ether oxygens (including phenoxy) is 3. The highest BCUT2D eigenvalue weighted by atomic mass is 16.6. The Balaban J connectivity index is 5.11. The Kier molecular flexibility index (Phi) is 9.77. The van der Waals surface area contributed by atoms with Crippen LogP contribution in [0.1, 0.15) is 75.2 Å². The number of esters is 1. The van der Waals surface area contributed by atoms with Gasteiger partial charge < -0.3 is 25.7 Å². The van der Waals surface area contributed by atoms with Gasteiger partial charge in [0.15, 0.2) is 0 Å². The van der Waals surface area contributed by atoms with Gasteiger partial charge >= 0.3 is 18.2 Å². The smallest absolute Gasteiger partial charge is 0.427 e. The summed E-state index contributed by atoms with van der Waals surface area (Å²) < 4.78 is 15.7. The molecule has 0 unspecified atom stereocenters. The summed E-state index contributed by atoms with van der Waals surface area (Å²) in [5.74, 6) is -0.882. The predicted octanol–water partition coefficient (Wildman–Crippen LogP) is 2.92. The first-order valence-electron chi connectivity index (χ1n) is 9.87. The van der Waals surface area contributed by atoms with Crippen LogP contribution in [0.4, 0.5) is 9.59 Å². The van der Waals surface area contributed by atoms with E-state index in [-0.39, 0.29) is 12.5 Å². The van der Waals surface area contributed by atoms with Gasteiger partial charge in [-0.2, -0.15) is 0 Å². The van der Waals surface area contributed by atoms with Gasteiger partial charge in [0.05, 0.1) is 0 Å². The van der Waals surface area contributed by atoms with E-state index >= 15 is 0 Å². The van der Waals surface area contributed by atoms with E-state index in [0.29, 0.717) is 17.7 Å². The first-order valence-corrected chi connectivity index (χ1v) is 9.87. The number of nitrogens with two attached hydrogens (primary N) is 2. The number of imide groups is 1. The predicted molar refractivity (Wildman–Crippen MR) is 114 cm³/mol. The number of carbonyl (C=O) groups excluding carboxylic acids is 3. The summed E-state index contributed by atoms with van der Waals surface area (Å²) in [6.45, 7) is 15.3. The molecular formula is C20H38N4O6. The maximum absolute atomic E-state index is 12.5. The third-order valence-electron chi connectivity index (χ3n) is 3.04. The second kappa shape index (κ2) is 10.6. The molecule has 4 N–H and O–H groups in total. The summed E-state index contributed by atoms with van der Waals surface area (Å²) in [4.78, 5) is 41.4. The number of guanidine groups is 1. The fraction of sp³-hybridized carbons (Fsp3) is 0.800. The van der Waals surface area contributed by atoms with Crippen LogP contribution in [0.2, 0.25) is 0 Å². The monoisotopic (exact) mass is 430 g/mol. The molecule has 0 aliphatic carbocycles. The second-order valence-corrected chi connectivity index (χ2v) is 9.82. The maximum Gasteiger partial charge on any atom is 0.427 e. The molecule has 0 spiro atoms. The van der Waals surface area contributed by atoms with E-state index in [2.05, 4.69) is 4.99 Å². The lowest BCUT2D eigenvalue weighted by Gasteiger charge is -2.27. The average Bonchev–Trinajstić information content (AvgIpc) is 2.45. The van der Waals surface area contributed by atoms with Gasteiger partial charge in [-0.3, -0.25) is 9.79 Å². The number of hydrogen-bond donors (Lipinski definition) is 2. The van der Waals surface area contributed by atoms with Gasteiger partial charge in [0, 0.05) is 6.54 Å². The molecular weight excluding hydrogens is 392 g/mol. The topological polar surface area (TPSA) is 147 Å². The molecule has 0 aliphatic heterocycles. The van der Waals surface area contributed by atoms with Gasteiger partial charge in [0.2, 0.25) is 5.96 Å². The molecule has 0 rings (SSSR count). The Labute approximate surface area is 179 Å². The zero-order valence-corrected chi connectivity index (χ0v) is 19.7. The second-order valence-electron chi connectivity index (χ2n) is 9.82. The molecule has 0 aromatic heterocycles. The molecule has 1 atom stereocenters. The van der Waals surface area contributed by atoms with Crippen molar-refractivity contribution in [2.45, 2.75) is 98.0 Å². The van der Waals surface area contributed by atoms with Gasteiger partial charge in [-0.15, -0.1) is 4.90 Å². The van der Waals surface area contributed by atoms with Crippen molar-refractivity contribution in [3.63, 3.8) is 0 Å². The molecule has 0 bridgehead atoms. The van der Waals surface area contributed by atoms with Crippen molar-refractivity contribution >= 4 is 24.1 Å². The molecule has 0 fully saturated rings. The lowest BCUT2D eigenvalue weighted by atomic mass is 10.1. The third kappa shape index (κ3) is 12.3. The molecule has 30 heavy (non-hydrogen) atoms. The number of nitrogens with zero attached hydrogens (tertiary/aromatic N) is 2. The molecule has 0 aromatic rings. The molecule has 0 aromatic carbocycles. The molecule has 0 saturated carbocycles. The highest BCUT2D eigenvalue weighted by Crippen LogP contribution is 2.15. The molecule has 0 aliphatic rings.